The molecule has 0 spiro atoms. The molecular weight excluding hydrogens is 334 g/mol. The Balaban J connectivity index is 2.36. The first kappa shape index (κ1) is 15.4. The summed E-state index contributed by atoms with van der Waals surface area (Å²) in [4.78, 5) is 10.7. The van der Waals surface area contributed by atoms with Crippen molar-refractivity contribution in [3.8, 4) is 6.07 Å². The highest BCUT2D eigenvalue weighted by Crippen LogP contribution is 2.28. The van der Waals surface area contributed by atoms with Gasteiger partial charge in [-0.3, -0.25) is 0 Å². The van der Waals surface area contributed by atoms with Crippen LogP contribution in [0.3, 0.4) is 0 Å². The lowest BCUT2D eigenvalue weighted by molar-refractivity contribution is 0.0978. The van der Waals surface area contributed by atoms with E-state index in [1.165, 1.54) is 0 Å². The van der Waals surface area contributed by atoms with Crippen LogP contribution in [0.25, 0.3) is 10.9 Å². The van der Waals surface area contributed by atoms with Crippen molar-refractivity contribution < 1.29 is 9.53 Å². The number of nitrogens with zero attached hydrogens (tertiary/aromatic N) is 2. The molecule has 2 N–H and O–H groups in total. The van der Waals surface area contributed by atoms with Crippen LogP contribution < -0.4 is 5.73 Å². The van der Waals surface area contributed by atoms with Crippen molar-refractivity contribution in [2.24, 2.45) is 11.1 Å². The molecule has 21 heavy (non-hydrogen) atoms. The van der Waals surface area contributed by atoms with Crippen molar-refractivity contribution in [3.63, 3.8) is 0 Å². The molecule has 0 bridgehead atoms. The summed E-state index contributed by atoms with van der Waals surface area (Å²) in [6, 6.07) is 8.01. The Bertz CT molecular complexity index is 728. The van der Waals surface area contributed by atoms with Crippen molar-refractivity contribution >= 4 is 32.9 Å². The van der Waals surface area contributed by atoms with E-state index in [0.717, 1.165) is 15.4 Å². The Morgan fingerprint density at radius 3 is 2.86 bits per heavy atom. The molecular formula is C15H16BrN3O2. The summed E-state index contributed by atoms with van der Waals surface area (Å²) in [5.41, 5.74) is 6.31. The standard InChI is InChI=1S/C15H16BrN3O2/c1-15(2,9-21-14(18)20)8-19-7-10(6-17)12-4-3-11(16)5-13(12)19/h3-5,7H,8-9H2,1-2H3,(H2,18,20). The molecule has 5 nitrogen and oxygen atoms in total. The number of nitriles is 1. The zero-order chi connectivity index (χ0) is 15.6. The van der Waals surface area contributed by atoms with Crippen LogP contribution in [-0.2, 0) is 11.3 Å². The number of primary amides is 1. The average molecular weight is 350 g/mol. The van der Waals surface area contributed by atoms with Crippen LogP contribution in [0.4, 0.5) is 4.79 Å². The summed E-state index contributed by atoms with van der Waals surface area (Å²) in [5, 5.41) is 10.1. The second-order valence-electron chi connectivity index (χ2n) is 5.72. The third-order valence-electron chi connectivity index (χ3n) is 3.17. The smallest absolute Gasteiger partial charge is 0.404 e. The molecule has 0 atom stereocenters. The molecule has 0 aliphatic heterocycles. The number of fused-ring (bicyclic) bond motifs is 1. The van der Waals surface area contributed by atoms with Gasteiger partial charge >= 0.3 is 6.09 Å². The van der Waals surface area contributed by atoms with E-state index >= 15 is 0 Å². The van der Waals surface area contributed by atoms with Crippen molar-refractivity contribution in [2.45, 2.75) is 20.4 Å². The molecule has 1 aromatic heterocycles. The van der Waals surface area contributed by atoms with E-state index in [1.54, 1.807) is 0 Å². The lowest BCUT2D eigenvalue weighted by atomic mass is 9.94. The zero-order valence-electron chi connectivity index (χ0n) is 11.9. The number of rotatable bonds is 4. The summed E-state index contributed by atoms with van der Waals surface area (Å²) in [5.74, 6) is 0. The third-order valence-corrected chi connectivity index (χ3v) is 3.66. The molecule has 1 amide bonds. The van der Waals surface area contributed by atoms with E-state index in [1.807, 2.05) is 42.8 Å². The normalized spacial score (nSPS) is 11.3. The highest BCUT2D eigenvalue weighted by atomic mass is 79.9. The van der Waals surface area contributed by atoms with Gasteiger partial charge in [0.2, 0.25) is 0 Å². The lowest BCUT2D eigenvalue weighted by Gasteiger charge is -2.24. The first-order chi connectivity index (χ1) is 9.82. The summed E-state index contributed by atoms with van der Waals surface area (Å²) in [6.07, 6.45) is 1.05. The topological polar surface area (TPSA) is 81.0 Å². The van der Waals surface area contributed by atoms with Gasteiger partial charge in [0.25, 0.3) is 0 Å². The highest BCUT2D eigenvalue weighted by Gasteiger charge is 2.22. The highest BCUT2D eigenvalue weighted by molar-refractivity contribution is 9.10. The largest absolute Gasteiger partial charge is 0.449 e. The molecule has 6 heteroatoms. The van der Waals surface area contributed by atoms with E-state index < -0.39 is 6.09 Å². The van der Waals surface area contributed by atoms with Crippen molar-refractivity contribution in [3.05, 3.63) is 34.4 Å². The van der Waals surface area contributed by atoms with Gasteiger partial charge in [-0.1, -0.05) is 35.8 Å². The Kier molecular flexibility index (Phi) is 4.24. The number of hydrogen-bond donors (Lipinski definition) is 1. The van der Waals surface area contributed by atoms with E-state index in [0.29, 0.717) is 12.1 Å². The van der Waals surface area contributed by atoms with Gasteiger partial charge < -0.3 is 15.0 Å². The number of benzene rings is 1. The van der Waals surface area contributed by atoms with Crippen LogP contribution in [0, 0.1) is 16.7 Å². The monoisotopic (exact) mass is 349 g/mol. The number of nitrogens with two attached hydrogens (primary N) is 1. The number of hydrogen-bond acceptors (Lipinski definition) is 3. The summed E-state index contributed by atoms with van der Waals surface area (Å²) >= 11 is 3.45. The van der Waals surface area contributed by atoms with Crippen LogP contribution in [0.2, 0.25) is 0 Å². The van der Waals surface area contributed by atoms with Gasteiger partial charge in [-0.15, -0.1) is 0 Å². The number of carbonyl (C=O) groups is 1. The molecule has 0 saturated heterocycles. The van der Waals surface area contributed by atoms with Gasteiger partial charge in [-0.05, 0) is 12.1 Å². The summed E-state index contributed by atoms with van der Waals surface area (Å²) < 4.78 is 7.85. The third kappa shape index (κ3) is 3.56. The number of halogens is 1. The number of aromatic nitrogens is 1. The Hall–Kier alpha value is -2.00. The van der Waals surface area contributed by atoms with Crippen LogP contribution in [0.1, 0.15) is 19.4 Å². The Labute approximate surface area is 131 Å². The van der Waals surface area contributed by atoms with Crippen molar-refractivity contribution in [1.29, 1.82) is 5.26 Å². The predicted molar refractivity (Wildman–Crippen MR) is 83.7 cm³/mol. The quantitative estimate of drug-likeness (QED) is 0.918. The van der Waals surface area contributed by atoms with Gasteiger partial charge in [0.05, 0.1) is 17.7 Å². The molecule has 0 aliphatic rings. The van der Waals surface area contributed by atoms with E-state index in [4.69, 9.17) is 10.5 Å². The molecule has 0 radical (unpaired) electrons. The SMILES string of the molecule is CC(C)(COC(N)=O)Cn1cc(C#N)c2ccc(Br)cc21. The second-order valence-corrected chi connectivity index (χ2v) is 6.63. The summed E-state index contributed by atoms with van der Waals surface area (Å²) in [6.45, 7) is 4.78. The molecule has 2 aromatic rings. The van der Waals surface area contributed by atoms with Crippen molar-refractivity contribution in [2.75, 3.05) is 6.61 Å². The molecule has 1 heterocycles. The van der Waals surface area contributed by atoms with Gasteiger partial charge in [-0.2, -0.15) is 5.26 Å². The fourth-order valence-electron chi connectivity index (χ4n) is 2.26. The Morgan fingerprint density at radius 1 is 1.52 bits per heavy atom. The number of ether oxygens (including phenoxy) is 1. The maximum Gasteiger partial charge on any atom is 0.404 e. The van der Waals surface area contributed by atoms with Crippen LogP contribution >= 0.6 is 15.9 Å². The second kappa shape index (κ2) is 5.78. The van der Waals surface area contributed by atoms with Gasteiger partial charge in [0, 0.05) is 28.0 Å². The van der Waals surface area contributed by atoms with Gasteiger partial charge in [0.1, 0.15) is 6.07 Å². The van der Waals surface area contributed by atoms with Gasteiger partial charge in [0.15, 0.2) is 0 Å². The van der Waals surface area contributed by atoms with Crippen LogP contribution in [0.15, 0.2) is 28.9 Å². The molecule has 1 aromatic carbocycles. The maximum atomic E-state index is 10.7. The molecule has 0 fully saturated rings. The maximum absolute atomic E-state index is 10.7. The number of carbonyl (C=O) groups excluding carboxylic acids is 1. The zero-order valence-corrected chi connectivity index (χ0v) is 13.5. The molecule has 110 valence electrons. The first-order valence-electron chi connectivity index (χ1n) is 6.43. The minimum Gasteiger partial charge on any atom is -0.449 e. The fraction of sp³-hybridized carbons (Fsp3) is 0.333. The lowest BCUT2D eigenvalue weighted by Crippen LogP contribution is -2.28. The first-order valence-corrected chi connectivity index (χ1v) is 7.22. The van der Waals surface area contributed by atoms with Crippen LogP contribution in [-0.4, -0.2) is 17.3 Å². The fourth-order valence-corrected chi connectivity index (χ4v) is 2.61. The minimum absolute atomic E-state index is 0.220. The minimum atomic E-state index is -0.777. The Morgan fingerprint density at radius 2 is 2.24 bits per heavy atom. The van der Waals surface area contributed by atoms with Crippen LogP contribution in [0.5, 0.6) is 0 Å². The van der Waals surface area contributed by atoms with E-state index in [2.05, 4.69) is 22.0 Å². The predicted octanol–water partition coefficient (Wildman–Crippen LogP) is 3.40. The summed E-state index contributed by atoms with van der Waals surface area (Å²) in [7, 11) is 0. The molecule has 0 aliphatic carbocycles. The average Bonchev–Trinajstić information content (AvgIpc) is 2.73. The molecule has 0 saturated carbocycles. The molecule has 0 unspecified atom stereocenters. The van der Waals surface area contributed by atoms with Crippen molar-refractivity contribution in [1.82, 2.24) is 4.57 Å². The van der Waals surface area contributed by atoms with E-state index in [9.17, 15) is 10.1 Å². The molecule has 2 rings (SSSR count). The van der Waals surface area contributed by atoms with Gasteiger partial charge in [-0.25, -0.2) is 4.79 Å². The van der Waals surface area contributed by atoms with E-state index in [-0.39, 0.29) is 12.0 Å². The number of amides is 1.